The van der Waals surface area contributed by atoms with Gasteiger partial charge in [-0.2, -0.15) is 0 Å². The Labute approximate surface area is 124 Å². The lowest BCUT2D eigenvalue weighted by Gasteiger charge is -2.14. The molecule has 116 valence electrons. The van der Waals surface area contributed by atoms with Crippen LogP contribution in [-0.2, 0) is 0 Å². The zero-order chi connectivity index (χ0) is 16.3. The molecule has 0 aromatic heterocycles. The maximum Gasteiger partial charge on any atom is 0.573 e. The summed E-state index contributed by atoms with van der Waals surface area (Å²) in [6.45, 7) is 1.64. The molecule has 0 aliphatic rings. The Balaban J connectivity index is 2.54. The molecule has 0 saturated carbocycles. The second kappa shape index (κ2) is 6.17. The van der Waals surface area contributed by atoms with Crippen LogP contribution in [0.5, 0.6) is 5.75 Å². The molecule has 6 heteroatoms. The number of ether oxygens (including phenoxy) is 1. The molecule has 2 nitrogen and oxygen atoms in total. The number of halogens is 4. The van der Waals surface area contributed by atoms with E-state index in [2.05, 4.69) is 4.74 Å². The van der Waals surface area contributed by atoms with Gasteiger partial charge < -0.3 is 4.74 Å². The lowest BCUT2D eigenvalue weighted by Crippen LogP contribution is -2.17. The van der Waals surface area contributed by atoms with E-state index in [1.54, 1.807) is 6.92 Å². The van der Waals surface area contributed by atoms with Gasteiger partial charge in [-0.05, 0) is 24.3 Å². The fourth-order valence-corrected chi connectivity index (χ4v) is 2.01. The van der Waals surface area contributed by atoms with Gasteiger partial charge in [0.2, 0.25) is 0 Å². The zero-order valence-electron chi connectivity index (χ0n) is 11.6. The average molecular weight is 312 g/mol. The fraction of sp³-hybridized carbons (Fsp3) is 0.188. The molecule has 0 amide bonds. The second-order valence-electron chi connectivity index (χ2n) is 4.52. The van der Waals surface area contributed by atoms with Gasteiger partial charge in [0.25, 0.3) is 0 Å². The average Bonchev–Trinajstić information content (AvgIpc) is 2.46. The van der Waals surface area contributed by atoms with Gasteiger partial charge in [-0.15, -0.1) is 13.2 Å². The second-order valence-corrected chi connectivity index (χ2v) is 4.52. The first-order chi connectivity index (χ1) is 10.3. The van der Waals surface area contributed by atoms with Gasteiger partial charge in [0.05, 0.1) is 0 Å². The van der Waals surface area contributed by atoms with Crippen molar-refractivity contribution in [3.05, 3.63) is 53.8 Å². The molecule has 0 radical (unpaired) electrons. The van der Waals surface area contributed by atoms with Crippen molar-refractivity contribution in [3.63, 3.8) is 0 Å². The maximum absolute atomic E-state index is 14.0. The lowest BCUT2D eigenvalue weighted by molar-refractivity contribution is -0.274. The van der Waals surface area contributed by atoms with Crippen LogP contribution in [0, 0.1) is 5.82 Å². The summed E-state index contributed by atoms with van der Waals surface area (Å²) < 4.78 is 55.2. The third-order valence-electron chi connectivity index (χ3n) is 3.01. The summed E-state index contributed by atoms with van der Waals surface area (Å²) in [5.41, 5.74) is 0.0583. The Kier molecular flexibility index (Phi) is 4.49. The van der Waals surface area contributed by atoms with Gasteiger partial charge in [0, 0.05) is 23.1 Å². The first kappa shape index (κ1) is 16.0. The van der Waals surface area contributed by atoms with E-state index in [0.717, 1.165) is 12.1 Å². The van der Waals surface area contributed by atoms with Crippen LogP contribution in [-0.4, -0.2) is 12.1 Å². The molecule has 0 heterocycles. The van der Waals surface area contributed by atoms with Crippen molar-refractivity contribution in [3.8, 4) is 16.9 Å². The van der Waals surface area contributed by atoms with Crippen LogP contribution in [0.4, 0.5) is 17.6 Å². The summed E-state index contributed by atoms with van der Waals surface area (Å²) in [6.07, 6.45) is -4.67. The lowest BCUT2D eigenvalue weighted by atomic mass is 9.99. The minimum atomic E-state index is -4.89. The fourth-order valence-electron chi connectivity index (χ4n) is 2.01. The third-order valence-corrected chi connectivity index (χ3v) is 3.01. The van der Waals surface area contributed by atoms with Gasteiger partial charge in [-0.3, -0.25) is 4.79 Å². The van der Waals surface area contributed by atoms with E-state index in [4.69, 9.17) is 0 Å². The van der Waals surface area contributed by atoms with Crippen molar-refractivity contribution in [2.24, 2.45) is 0 Å². The number of benzene rings is 2. The number of alkyl halides is 3. The van der Waals surface area contributed by atoms with E-state index in [0.29, 0.717) is 0 Å². The molecule has 0 fully saturated rings. The molecule has 0 N–H and O–H groups in total. The summed E-state index contributed by atoms with van der Waals surface area (Å²) in [7, 11) is 0. The third kappa shape index (κ3) is 3.63. The van der Waals surface area contributed by atoms with Crippen molar-refractivity contribution in [2.75, 3.05) is 0 Å². The summed E-state index contributed by atoms with van der Waals surface area (Å²) in [6, 6.07) is 8.81. The largest absolute Gasteiger partial charge is 0.573 e. The number of hydrogen-bond acceptors (Lipinski definition) is 2. The number of para-hydroxylation sites is 1. The summed E-state index contributed by atoms with van der Waals surface area (Å²) in [5, 5.41) is 0. The first-order valence-corrected chi connectivity index (χ1v) is 6.49. The number of ketones is 1. The van der Waals surface area contributed by atoms with E-state index >= 15 is 0 Å². The van der Waals surface area contributed by atoms with Crippen molar-refractivity contribution in [2.45, 2.75) is 19.7 Å². The summed E-state index contributed by atoms with van der Waals surface area (Å²) in [5.74, 6) is -1.48. The molecular formula is C16H12F4O2. The molecular weight excluding hydrogens is 300 g/mol. The normalized spacial score (nSPS) is 11.3. The van der Waals surface area contributed by atoms with Gasteiger partial charge in [0.1, 0.15) is 11.6 Å². The number of carbonyl (C=O) groups excluding carboxylic acids is 1. The molecule has 0 spiro atoms. The van der Waals surface area contributed by atoms with E-state index in [1.807, 2.05) is 0 Å². The first-order valence-electron chi connectivity index (χ1n) is 6.49. The zero-order valence-corrected chi connectivity index (χ0v) is 11.6. The molecule has 0 aliphatic heterocycles. The molecule has 0 saturated heterocycles. The molecule has 0 aliphatic carbocycles. The SMILES string of the molecule is CCC(=O)c1ccc(F)c(-c2ccccc2OC(F)(F)F)c1. The predicted molar refractivity (Wildman–Crippen MR) is 73.1 cm³/mol. The highest BCUT2D eigenvalue weighted by Gasteiger charge is 2.32. The number of carbonyl (C=O) groups is 1. The van der Waals surface area contributed by atoms with Crippen molar-refractivity contribution < 1.29 is 27.1 Å². The monoisotopic (exact) mass is 312 g/mol. The summed E-state index contributed by atoms with van der Waals surface area (Å²) in [4.78, 5) is 11.7. The van der Waals surface area contributed by atoms with Gasteiger partial charge in [0.15, 0.2) is 5.78 Å². The smallest absolute Gasteiger partial charge is 0.405 e. The molecule has 0 bridgehead atoms. The van der Waals surface area contributed by atoms with E-state index in [9.17, 15) is 22.4 Å². The van der Waals surface area contributed by atoms with Crippen LogP contribution >= 0.6 is 0 Å². The Morgan fingerprint density at radius 2 is 1.77 bits per heavy atom. The van der Waals surface area contributed by atoms with Crippen molar-refractivity contribution in [1.29, 1.82) is 0 Å². The number of rotatable bonds is 4. The van der Waals surface area contributed by atoms with Gasteiger partial charge >= 0.3 is 6.36 Å². The Bertz CT molecular complexity index is 693. The van der Waals surface area contributed by atoms with Gasteiger partial charge in [-0.1, -0.05) is 25.1 Å². The Hall–Kier alpha value is -2.37. The van der Waals surface area contributed by atoms with Crippen molar-refractivity contribution in [1.82, 2.24) is 0 Å². The predicted octanol–water partition coefficient (Wildman–Crippen LogP) is 4.98. The molecule has 0 atom stereocenters. The Morgan fingerprint density at radius 3 is 2.41 bits per heavy atom. The minimum Gasteiger partial charge on any atom is -0.405 e. The van der Waals surface area contributed by atoms with Crippen LogP contribution in [0.15, 0.2) is 42.5 Å². The molecule has 22 heavy (non-hydrogen) atoms. The Morgan fingerprint density at radius 1 is 1.09 bits per heavy atom. The number of hydrogen-bond donors (Lipinski definition) is 0. The van der Waals surface area contributed by atoms with E-state index < -0.39 is 17.9 Å². The minimum absolute atomic E-state index is 0.0666. The number of Topliss-reactive ketones (excluding diaryl/α,β-unsaturated/α-hetero) is 1. The highest BCUT2D eigenvalue weighted by molar-refractivity contribution is 5.97. The van der Waals surface area contributed by atoms with Crippen LogP contribution in [0.25, 0.3) is 11.1 Å². The quantitative estimate of drug-likeness (QED) is 0.587. The molecule has 0 unspecified atom stereocenters. The highest BCUT2D eigenvalue weighted by atomic mass is 19.4. The van der Waals surface area contributed by atoms with Crippen LogP contribution in [0.3, 0.4) is 0 Å². The van der Waals surface area contributed by atoms with E-state index in [1.165, 1.54) is 30.3 Å². The standard InChI is InChI=1S/C16H12F4O2/c1-2-14(21)10-7-8-13(17)12(9-10)11-5-3-4-6-15(11)22-16(18,19)20/h3-9H,2H2,1H3. The van der Waals surface area contributed by atoms with Crippen molar-refractivity contribution >= 4 is 5.78 Å². The highest BCUT2D eigenvalue weighted by Crippen LogP contribution is 2.35. The van der Waals surface area contributed by atoms with Crippen LogP contribution in [0.2, 0.25) is 0 Å². The molecule has 2 rings (SSSR count). The van der Waals surface area contributed by atoms with Crippen LogP contribution < -0.4 is 4.74 Å². The van der Waals surface area contributed by atoms with E-state index in [-0.39, 0.29) is 28.9 Å². The topological polar surface area (TPSA) is 26.3 Å². The van der Waals surface area contributed by atoms with Gasteiger partial charge in [-0.25, -0.2) is 4.39 Å². The molecule has 2 aromatic rings. The van der Waals surface area contributed by atoms with Crippen LogP contribution in [0.1, 0.15) is 23.7 Å². The maximum atomic E-state index is 14.0. The molecule has 2 aromatic carbocycles. The summed E-state index contributed by atoms with van der Waals surface area (Å²) >= 11 is 0.